The van der Waals surface area contributed by atoms with E-state index in [1.807, 2.05) is 32.9 Å². The van der Waals surface area contributed by atoms with E-state index in [1.165, 1.54) is 0 Å². The molecule has 0 radical (unpaired) electrons. The van der Waals surface area contributed by atoms with Gasteiger partial charge in [-0.15, -0.1) is 0 Å². The smallest absolute Gasteiger partial charge is 0.271 e. The molecule has 0 aliphatic carbocycles. The maximum absolute atomic E-state index is 12.9. The van der Waals surface area contributed by atoms with Gasteiger partial charge in [0.05, 0.1) is 12.1 Å². The van der Waals surface area contributed by atoms with Crippen molar-refractivity contribution in [2.24, 2.45) is 5.92 Å². The van der Waals surface area contributed by atoms with Gasteiger partial charge in [0.2, 0.25) is 0 Å². The van der Waals surface area contributed by atoms with Gasteiger partial charge >= 0.3 is 0 Å². The van der Waals surface area contributed by atoms with Gasteiger partial charge in [0.15, 0.2) is 11.9 Å². The number of ether oxygens (including phenoxy) is 1. The molecule has 0 aromatic heterocycles. The molecule has 2 aromatic carbocycles. The molecule has 1 atom stereocenters. The van der Waals surface area contributed by atoms with Crippen LogP contribution in [-0.2, 0) is 4.79 Å². The minimum absolute atomic E-state index is 0.140. The number of ketones is 1. The highest BCUT2D eigenvalue weighted by atomic mass is 16.5. The van der Waals surface area contributed by atoms with E-state index < -0.39 is 17.9 Å². The van der Waals surface area contributed by atoms with Gasteiger partial charge in [0, 0.05) is 5.56 Å². The number of nitrogens with zero attached hydrogens (tertiary/aromatic N) is 1. The van der Waals surface area contributed by atoms with Crippen LogP contribution in [0, 0.1) is 12.8 Å². The topological polar surface area (TPSA) is 63.7 Å². The van der Waals surface area contributed by atoms with Gasteiger partial charge in [-0.3, -0.25) is 19.3 Å². The largest absolute Gasteiger partial charge is 0.479 e. The molecule has 1 aliphatic rings. The minimum atomic E-state index is -0.812. The normalized spacial score (nSPS) is 16.9. The Labute approximate surface area is 152 Å². The molecule has 134 valence electrons. The van der Waals surface area contributed by atoms with Crippen molar-refractivity contribution in [2.75, 3.05) is 6.54 Å². The van der Waals surface area contributed by atoms with Gasteiger partial charge in [-0.25, -0.2) is 0 Å². The summed E-state index contributed by atoms with van der Waals surface area (Å²) in [4.78, 5) is 39.5. The molecule has 0 bridgehead atoms. The number of aryl methyl sites for hydroxylation is 1. The van der Waals surface area contributed by atoms with Crippen LogP contribution in [0.1, 0.15) is 40.1 Å². The number of Topliss-reactive ketones (excluding diaryl/α,β-unsaturated/α-hetero) is 1. The van der Waals surface area contributed by atoms with Crippen LogP contribution >= 0.6 is 0 Å². The maximum Gasteiger partial charge on any atom is 0.271 e. The molecule has 2 amide bonds. The fourth-order valence-electron chi connectivity index (χ4n) is 2.88. The Kier molecular flexibility index (Phi) is 4.89. The molecule has 0 spiro atoms. The van der Waals surface area contributed by atoms with Crippen molar-refractivity contribution in [3.05, 3.63) is 65.2 Å². The average molecular weight is 351 g/mol. The third-order valence-corrected chi connectivity index (χ3v) is 4.41. The summed E-state index contributed by atoms with van der Waals surface area (Å²) in [7, 11) is 0. The molecular weight excluding hydrogens is 330 g/mol. The molecule has 1 heterocycles. The minimum Gasteiger partial charge on any atom is -0.479 e. The van der Waals surface area contributed by atoms with Crippen molar-refractivity contribution in [3.8, 4) is 5.75 Å². The first kappa shape index (κ1) is 17.9. The van der Waals surface area contributed by atoms with Crippen molar-refractivity contribution in [2.45, 2.75) is 26.9 Å². The number of benzene rings is 2. The molecule has 1 aliphatic heterocycles. The van der Waals surface area contributed by atoms with E-state index in [9.17, 15) is 14.4 Å². The van der Waals surface area contributed by atoms with Crippen molar-refractivity contribution >= 4 is 17.6 Å². The molecule has 26 heavy (non-hydrogen) atoms. The van der Waals surface area contributed by atoms with Crippen LogP contribution in [0.2, 0.25) is 0 Å². The van der Waals surface area contributed by atoms with Gasteiger partial charge in [-0.1, -0.05) is 55.8 Å². The molecule has 0 saturated heterocycles. The summed E-state index contributed by atoms with van der Waals surface area (Å²) in [6.07, 6.45) is -0.812. The molecule has 0 saturated carbocycles. The Morgan fingerprint density at radius 2 is 1.73 bits per heavy atom. The number of amides is 2. The van der Waals surface area contributed by atoms with Crippen molar-refractivity contribution in [1.82, 2.24) is 4.90 Å². The summed E-state index contributed by atoms with van der Waals surface area (Å²) in [6, 6.07) is 13.8. The molecule has 5 nitrogen and oxygen atoms in total. The summed E-state index contributed by atoms with van der Waals surface area (Å²) in [5, 5.41) is 0. The predicted molar refractivity (Wildman–Crippen MR) is 97.2 cm³/mol. The first-order valence-corrected chi connectivity index (χ1v) is 8.59. The van der Waals surface area contributed by atoms with Gasteiger partial charge in [-0.2, -0.15) is 0 Å². The van der Waals surface area contributed by atoms with Crippen LogP contribution in [0.3, 0.4) is 0 Å². The molecule has 5 heteroatoms. The lowest BCUT2D eigenvalue weighted by Gasteiger charge is -2.24. The molecule has 3 rings (SSSR count). The maximum atomic E-state index is 12.9. The number of fused-ring (bicyclic) bond motifs is 1. The Morgan fingerprint density at radius 1 is 1.08 bits per heavy atom. The number of hydrogen-bond donors (Lipinski definition) is 0. The second kappa shape index (κ2) is 7.12. The fraction of sp³-hybridized carbons (Fsp3) is 0.286. The van der Waals surface area contributed by atoms with E-state index >= 15 is 0 Å². The Balaban J connectivity index is 1.95. The Bertz CT molecular complexity index is 855. The molecular formula is C21H21NO4. The quantitative estimate of drug-likeness (QED) is 0.626. The van der Waals surface area contributed by atoms with Crippen LogP contribution in [-0.4, -0.2) is 35.1 Å². The lowest BCUT2D eigenvalue weighted by molar-refractivity contribution is -0.136. The lowest BCUT2D eigenvalue weighted by Crippen LogP contribution is -2.47. The van der Waals surface area contributed by atoms with Crippen molar-refractivity contribution in [1.29, 1.82) is 0 Å². The highest BCUT2D eigenvalue weighted by Crippen LogP contribution is 2.28. The van der Waals surface area contributed by atoms with E-state index in [4.69, 9.17) is 4.74 Å². The van der Waals surface area contributed by atoms with E-state index in [-0.39, 0.29) is 18.2 Å². The summed E-state index contributed by atoms with van der Waals surface area (Å²) < 4.78 is 5.81. The van der Waals surface area contributed by atoms with Crippen LogP contribution < -0.4 is 4.74 Å². The number of rotatable bonds is 4. The highest BCUT2D eigenvalue weighted by molar-refractivity contribution is 6.12. The Hall–Kier alpha value is -2.95. The highest BCUT2D eigenvalue weighted by Gasteiger charge is 2.38. The summed E-state index contributed by atoms with van der Waals surface area (Å²) >= 11 is 0. The zero-order chi connectivity index (χ0) is 18.8. The molecule has 1 unspecified atom stereocenters. The molecule has 0 N–H and O–H groups in total. The average Bonchev–Trinajstić information content (AvgIpc) is 2.72. The first-order chi connectivity index (χ1) is 12.4. The SMILES string of the molecule is Cc1ccc(C(=O)CN2C(=O)c3ccccc3OC(C(C)C)C2=O)cc1. The second-order valence-electron chi connectivity index (χ2n) is 6.80. The zero-order valence-corrected chi connectivity index (χ0v) is 15.1. The number of carbonyl (C=O) groups excluding carboxylic acids is 3. The summed E-state index contributed by atoms with van der Waals surface area (Å²) in [6.45, 7) is 5.32. The van der Waals surface area contributed by atoms with E-state index in [1.54, 1.807) is 36.4 Å². The third-order valence-electron chi connectivity index (χ3n) is 4.41. The van der Waals surface area contributed by atoms with Crippen LogP contribution in [0.25, 0.3) is 0 Å². The van der Waals surface area contributed by atoms with E-state index in [0.29, 0.717) is 16.9 Å². The van der Waals surface area contributed by atoms with Gasteiger partial charge in [0.1, 0.15) is 5.75 Å². The van der Waals surface area contributed by atoms with Crippen LogP contribution in [0.4, 0.5) is 0 Å². The molecule has 0 fully saturated rings. The lowest BCUT2D eigenvalue weighted by atomic mass is 10.0. The van der Waals surface area contributed by atoms with Crippen LogP contribution in [0.5, 0.6) is 5.75 Å². The standard InChI is InChI=1S/C21H21NO4/c1-13(2)19-21(25)22(12-17(23)15-10-8-14(3)9-11-15)20(24)16-6-4-5-7-18(16)26-19/h4-11,13,19H,12H2,1-3H3. The monoisotopic (exact) mass is 351 g/mol. The number of para-hydroxylation sites is 1. The van der Waals surface area contributed by atoms with E-state index in [2.05, 4.69) is 0 Å². The Morgan fingerprint density at radius 3 is 2.38 bits per heavy atom. The molecule has 2 aromatic rings. The third kappa shape index (κ3) is 3.38. The number of imide groups is 1. The first-order valence-electron chi connectivity index (χ1n) is 8.59. The van der Waals surface area contributed by atoms with Gasteiger partial charge in [0.25, 0.3) is 11.8 Å². The summed E-state index contributed by atoms with van der Waals surface area (Å²) in [5.41, 5.74) is 1.79. The predicted octanol–water partition coefficient (Wildman–Crippen LogP) is 3.26. The van der Waals surface area contributed by atoms with Crippen molar-refractivity contribution < 1.29 is 19.1 Å². The van der Waals surface area contributed by atoms with E-state index in [0.717, 1.165) is 10.5 Å². The van der Waals surface area contributed by atoms with Crippen LogP contribution in [0.15, 0.2) is 48.5 Å². The summed E-state index contributed by atoms with van der Waals surface area (Å²) in [5.74, 6) is -1.04. The van der Waals surface area contributed by atoms with Gasteiger partial charge < -0.3 is 4.74 Å². The fourth-order valence-corrected chi connectivity index (χ4v) is 2.88. The zero-order valence-electron chi connectivity index (χ0n) is 15.1. The van der Waals surface area contributed by atoms with Gasteiger partial charge in [-0.05, 0) is 25.0 Å². The number of hydrogen-bond acceptors (Lipinski definition) is 4. The van der Waals surface area contributed by atoms with Crippen molar-refractivity contribution in [3.63, 3.8) is 0 Å². The number of carbonyl (C=O) groups is 3. The second-order valence-corrected chi connectivity index (χ2v) is 6.80.